The van der Waals surface area contributed by atoms with Crippen molar-refractivity contribution in [3.8, 4) is 23.0 Å². The first-order valence-corrected chi connectivity index (χ1v) is 12.2. The van der Waals surface area contributed by atoms with Crippen LogP contribution in [0.5, 0.6) is 23.0 Å². The third-order valence-corrected chi connectivity index (χ3v) is 5.63. The molecule has 0 atom stereocenters. The van der Waals surface area contributed by atoms with Crippen LogP contribution >= 0.6 is 0 Å². The second-order valence-electron chi connectivity index (χ2n) is 8.24. The normalized spacial score (nSPS) is 10.8. The molecule has 0 N–H and O–H groups in total. The average molecular weight is 495 g/mol. The number of carbonyl (C=O) groups is 1. The molecule has 0 unspecified atom stereocenters. The Kier molecular flexibility index (Phi) is 8.97. The van der Waals surface area contributed by atoms with Gasteiger partial charge < -0.3 is 18.9 Å². The molecule has 0 amide bonds. The summed E-state index contributed by atoms with van der Waals surface area (Å²) in [7, 11) is 1.54. The second kappa shape index (κ2) is 13.0. The molecular formula is C32H30O5. The number of benzene rings is 4. The Bertz CT molecular complexity index is 1330. The molecule has 0 aromatic heterocycles. The third kappa shape index (κ3) is 7.24. The number of rotatable bonds is 12. The highest BCUT2D eigenvalue weighted by atomic mass is 16.5. The Balaban J connectivity index is 1.55. The zero-order valence-electron chi connectivity index (χ0n) is 21.1. The summed E-state index contributed by atoms with van der Waals surface area (Å²) < 4.78 is 23.1. The average Bonchev–Trinajstić information content (AvgIpc) is 2.95. The van der Waals surface area contributed by atoms with Gasteiger partial charge in [-0.3, -0.25) is 4.79 Å². The molecule has 0 fully saturated rings. The number of methoxy groups -OCH3 is 1. The highest BCUT2D eigenvalue weighted by Crippen LogP contribution is 2.29. The van der Waals surface area contributed by atoms with E-state index >= 15 is 0 Å². The lowest BCUT2D eigenvalue weighted by Crippen LogP contribution is -2.01. The Labute approximate surface area is 217 Å². The number of ether oxygens (including phenoxy) is 4. The minimum Gasteiger partial charge on any atom is -0.496 e. The number of hydrogen-bond donors (Lipinski definition) is 0. The highest BCUT2D eigenvalue weighted by Gasteiger charge is 2.12. The molecular weight excluding hydrogens is 464 g/mol. The predicted octanol–water partition coefficient (Wildman–Crippen LogP) is 7.15. The Morgan fingerprint density at radius 1 is 0.703 bits per heavy atom. The Morgan fingerprint density at radius 3 is 1.95 bits per heavy atom. The molecule has 0 radical (unpaired) electrons. The first-order valence-electron chi connectivity index (χ1n) is 12.2. The van der Waals surface area contributed by atoms with E-state index in [1.54, 1.807) is 24.3 Å². The van der Waals surface area contributed by atoms with Gasteiger partial charge in [0.15, 0.2) is 5.78 Å². The molecule has 37 heavy (non-hydrogen) atoms. The smallest absolute Gasteiger partial charge is 0.189 e. The van der Waals surface area contributed by atoms with Crippen LogP contribution in [0, 0.1) is 0 Å². The van der Waals surface area contributed by atoms with Crippen molar-refractivity contribution in [3.63, 3.8) is 0 Å². The summed E-state index contributed by atoms with van der Waals surface area (Å²) >= 11 is 0. The van der Waals surface area contributed by atoms with E-state index in [0.29, 0.717) is 48.4 Å². The molecule has 0 aliphatic heterocycles. The van der Waals surface area contributed by atoms with Crippen LogP contribution in [0.15, 0.2) is 103 Å². The minimum atomic E-state index is -0.182. The van der Waals surface area contributed by atoms with Crippen LogP contribution in [0.25, 0.3) is 6.08 Å². The lowest BCUT2D eigenvalue weighted by atomic mass is 10.1. The highest BCUT2D eigenvalue weighted by molar-refractivity contribution is 6.08. The quantitative estimate of drug-likeness (QED) is 0.155. The SMILES string of the molecule is CCOc1ccc(C(=O)C=Cc2ccc(OCc3ccccc3)cc2OCc2ccccc2)c(OC)c1. The van der Waals surface area contributed by atoms with E-state index in [2.05, 4.69) is 0 Å². The van der Waals surface area contributed by atoms with Gasteiger partial charge in [0.1, 0.15) is 36.2 Å². The fourth-order valence-corrected chi connectivity index (χ4v) is 3.73. The largest absolute Gasteiger partial charge is 0.496 e. The summed E-state index contributed by atoms with van der Waals surface area (Å²) in [5.41, 5.74) is 3.34. The molecule has 0 aliphatic carbocycles. The molecule has 5 heteroatoms. The molecule has 0 aliphatic rings. The standard InChI is InChI=1S/C32H30O5/c1-3-35-27-17-18-29(32(21-27)34-2)30(33)19-15-26-14-16-28(36-22-24-10-6-4-7-11-24)20-31(26)37-23-25-12-8-5-9-13-25/h4-21H,3,22-23H2,1-2H3. The monoisotopic (exact) mass is 494 g/mol. The van der Waals surface area contributed by atoms with Crippen molar-refractivity contribution in [2.75, 3.05) is 13.7 Å². The van der Waals surface area contributed by atoms with Crippen LogP contribution in [-0.4, -0.2) is 19.5 Å². The summed E-state index contributed by atoms with van der Waals surface area (Å²) in [6, 6.07) is 30.7. The Hall–Kier alpha value is -4.51. The molecule has 4 aromatic carbocycles. The molecule has 5 nitrogen and oxygen atoms in total. The van der Waals surface area contributed by atoms with E-state index in [4.69, 9.17) is 18.9 Å². The first kappa shape index (κ1) is 25.6. The van der Waals surface area contributed by atoms with Crippen molar-refractivity contribution in [1.29, 1.82) is 0 Å². The van der Waals surface area contributed by atoms with Crippen LogP contribution < -0.4 is 18.9 Å². The second-order valence-corrected chi connectivity index (χ2v) is 8.24. The van der Waals surface area contributed by atoms with Crippen LogP contribution in [0.1, 0.15) is 34.0 Å². The lowest BCUT2D eigenvalue weighted by Gasteiger charge is -2.13. The zero-order chi connectivity index (χ0) is 25.9. The molecule has 0 saturated carbocycles. The van der Waals surface area contributed by atoms with Gasteiger partial charge >= 0.3 is 0 Å². The van der Waals surface area contributed by atoms with Gasteiger partial charge in [0.2, 0.25) is 0 Å². The molecule has 0 saturated heterocycles. The van der Waals surface area contributed by atoms with Crippen molar-refractivity contribution >= 4 is 11.9 Å². The van der Waals surface area contributed by atoms with Gasteiger partial charge in [-0.25, -0.2) is 0 Å². The fraction of sp³-hybridized carbons (Fsp3) is 0.156. The van der Waals surface area contributed by atoms with E-state index in [-0.39, 0.29) is 5.78 Å². The summed E-state index contributed by atoms with van der Waals surface area (Å²) in [5, 5.41) is 0. The third-order valence-electron chi connectivity index (χ3n) is 5.63. The van der Waals surface area contributed by atoms with Gasteiger partial charge in [-0.1, -0.05) is 60.7 Å². The van der Waals surface area contributed by atoms with E-state index in [0.717, 1.165) is 16.7 Å². The van der Waals surface area contributed by atoms with Crippen molar-refractivity contribution in [1.82, 2.24) is 0 Å². The van der Waals surface area contributed by atoms with Gasteiger partial charge in [0.05, 0.1) is 19.3 Å². The zero-order valence-corrected chi connectivity index (χ0v) is 21.1. The molecule has 0 bridgehead atoms. The van der Waals surface area contributed by atoms with E-state index in [1.165, 1.54) is 13.2 Å². The van der Waals surface area contributed by atoms with Crippen molar-refractivity contribution in [2.24, 2.45) is 0 Å². The van der Waals surface area contributed by atoms with Crippen molar-refractivity contribution in [2.45, 2.75) is 20.1 Å². The van der Waals surface area contributed by atoms with Crippen LogP contribution in [0.3, 0.4) is 0 Å². The van der Waals surface area contributed by atoms with E-state index < -0.39 is 0 Å². The van der Waals surface area contributed by atoms with E-state index in [9.17, 15) is 4.79 Å². The summed E-state index contributed by atoms with van der Waals surface area (Å²) in [6.45, 7) is 3.28. The predicted molar refractivity (Wildman–Crippen MR) is 146 cm³/mol. The number of carbonyl (C=O) groups excluding carboxylic acids is 1. The van der Waals surface area contributed by atoms with Crippen molar-refractivity contribution in [3.05, 3.63) is 125 Å². The Morgan fingerprint density at radius 2 is 1.30 bits per heavy atom. The minimum absolute atomic E-state index is 0.182. The van der Waals surface area contributed by atoms with Crippen LogP contribution in [-0.2, 0) is 13.2 Å². The molecule has 0 spiro atoms. The maximum atomic E-state index is 13.0. The van der Waals surface area contributed by atoms with Crippen molar-refractivity contribution < 1.29 is 23.7 Å². The van der Waals surface area contributed by atoms with Gasteiger partial charge in [0, 0.05) is 17.7 Å². The number of allylic oxidation sites excluding steroid dienone is 1. The first-order chi connectivity index (χ1) is 18.2. The van der Waals surface area contributed by atoms with E-state index in [1.807, 2.05) is 85.8 Å². The topological polar surface area (TPSA) is 54.0 Å². The van der Waals surface area contributed by atoms with Gasteiger partial charge in [-0.05, 0) is 54.5 Å². The lowest BCUT2D eigenvalue weighted by molar-refractivity contribution is 0.104. The van der Waals surface area contributed by atoms with Gasteiger partial charge in [0.25, 0.3) is 0 Å². The molecule has 4 rings (SSSR count). The number of ketones is 1. The molecule has 0 heterocycles. The summed E-state index contributed by atoms with van der Waals surface area (Å²) in [4.78, 5) is 13.0. The van der Waals surface area contributed by atoms with Gasteiger partial charge in [-0.15, -0.1) is 0 Å². The maximum absolute atomic E-state index is 13.0. The number of hydrogen-bond acceptors (Lipinski definition) is 5. The maximum Gasteiger partial charge on any atom is 0.189 e. The summed E-state index contributed by atoms with van der Waals surface area (Å²) in [6.07, 6.45) is 3.27. The van der Waals surface area contributed by atoms with Crippen LogP contribution in [0.4, 0.5) is 0 Å². The van der Waals surface area contributed by atoms with Gasteiger partial charge in [-0.2, -0.15) is 0 Å². The molecule has 4 aromatic rings. The molecule has 188 valence electrons. The summed E-state index contributed by atoms with van der Waals surface area (Å²) in [5.74, 6) is 2.24. The fourth-order valence-electron chi connectivity index (χ4n) is 3.73. The van der Waals surface area contributed by atoms with Crippen LogP contribution in [0.2, 0.25) is 0 Å².